The summed E-state index contributed by atoms with van der Waals surface area (Å²) in [4.78, 5) is 8.46. The number of para-hydroxylation sites is 1. The molecule has 3 N–H and O–H groups in total. The van der Waals surface area contributed by atoms with E-state index in [-0.39, 0.29) is 11.7 Å². The van der Waals surface area contributed by atoms with E-state index in [1.165, 1.54) is 6.07 Å². The molecule has 0 fully saturated rings. The number of phenols is 1. The molecule has 2 aromatic carbocycles. The molecule has 0 aliphatic heterocycles. The van der Waals surface area contributed by atoms with Crippen molar-refractivity contribution in [1.82, 2.24) is 19.7 Å². The fourth-order valence-corrected chi connectivity index (χ4v) is 2.83. The first kappa shape index (κ1) is 16.6. The van der Waals surface area contributed by atoms with Crippen LogP contribution in [0.15, 0.2) is 67.1 Å². The van der Waals surface area contributed by atoms with Crippen molar-refractivity contribution in [2.45, 2.75) is 0 Å². The van der Waals surface area contributed by atoms with Crippen molar-refractivity contribution >= 4 is 5.95 Å². The molecule has 27 heavy (non-hydrogen) atoms. The van der Waals surface area contributed by atoms with Gasteiger partial charge in [0.1, 0.15) is 11.5 Å². The van der Waals surface area contributed by atoms with Gasteiger partial charge in [0.15, 0.2) is 0 Å². The first-order valence-electron chi connectivity index (χ1n) is 8.26. The van der Waals surface area contributed by atoms with Crippen molar-refractivity contribution < 1.29 is 9.84 Å². The number of anilines is 1. The Morgan fingerprint density at radius 2 is 1.85 bits per heavy atom. The molecule has 2 aromatic heterocycles. The highest BCUT2D eigenvalue weighted by atomic mass is 16.5. The molecule has 0 saturated carbocycles. The molecule has 0 bridgehead atoms. The fraction of sp³-hybridized carbons (Fsp3) is 0.0500. The molecule has 4 aromatic rings. The van der Waals surface area contributed by atoms with E-state index in [4.69, 9.17) is 10.5 Å². The molecule has 0 aliphatic carbocycles. The summed E-state index contributed by atoms with van der Waals surface area (Å²) in [5, 5.41) is 14.8. The zero-order valence-corrected chi connectivity index (χ0v) is 14.6. The van der Waals surface area contributed by atoms with E-state index in [0.29, 0.717) is 22.6 Å². The Kier molecular flexibility index (Phi) is 4.18. The lowest BCUT2D eigenvalue weighted by atomic mass is 10.0. The number of rotatable bonds is 4. The standard InChI is InChI=1S/C20H17N5O2/c1-27-15-7-8-16(18(26)9-15)19-17(11-22-20(21)24-19)13-10-23-25(12-13)14-5-3-2-4-6-14/h2-12,26H,1H3,(H2,21,22,24). The van der Waals surface area contributed by atoms with E-state index in [1.54, 1.807) is 36.3 Å². The molecule has 7 nitrogen and oxygen atoms in total. The third kappa shape index (κ3) is 3.18. The van der Waals surface area contributed by atoms with E-state index < -0.39 is 0 Å². The average molecular weight is 359 g/mol. The average Bonchev–Trinajstić information content (AvgIpc) is 3.18. The second-order valence-corrected chi connectivity index (χ2v) is 5.88. The van der Waals surface area contributed by atoms with Crippen LogP contribution in [0.2, 0.25) is 0 Å². The number of hydrogen-bond acceptors (Lipinski definition) is 6. The van der Waals surface area contributed by atoms with E-state index in [0.717, 1.165) is 11.3 Å². The molecule has 0 radical (unpaired) electrons. The van der Waals surface area contributed by atoms with Gasteiger partial charge in [-0.05, 0) is 24.3 Å². The second kappa shape index (κ2) is 6.80. The van der Waals surface area contributed by atoms with Gasteiger partial charge >= 0.3 is 0 Å². The normalized spacial score (nSPS) is 10.7. The number of nitrogens with two attached hydrogens (primary N) is 1. The Bertz CT molecular complexity index is 1090. The molecular formula is C20H17N5O2. The van der Waals surface area contributed by atoms with Crippen molar-refractivity contribution in [3.63, 3.8) is 0 Å². The van der Waals surface area contributed by atoms with Crippen LogP contribution in [0.5, 0.6) is 11.5 Å². The predicted octanol–water partition coefficient (Wildman–Crippen LogP) is 3.29. The second-order valence-electron chi connectivity index (χ2n) is 5.88. The summed E-state index contributed by atoms with van der Waals surface area (Å²) in [6, 6.07) is 14.8. The van der Waals surface area contributed by atoms with Crippen LogP contribution in [-0.2, 0) is 0 Å². The highest BCUT2D eigenvalue weighted by Gasteiger charge is 2.16. The molecule has 0 atom stereocenters. The lowest BCUT2D eigenvalue weighted by molar-refractivity contribution is 0.408. The molecule has 7 heteroatoms. The van der Waals surface area contributed by atoms with Gasteiger partial charge in [-0.3, -0.25) is 0 Å². The molecule has 4 rings (SSSR count). The van der Waals surface area contributed by atoms with Gasteiger partial charge < -0.3 is 15.6 Å². The summed E-state index contributed by atoms with van der Waals surface area (Å²) >= 11 is 0. The minimum atomic E-state index is 0.0455. The van der Waals surface area contributed by atoms with E-state index in [2.05, 4.69) is 15.1 Å². The van der Waals surface area contributed by atoms with Crippen LogP contribution >= 0.6 is 0 Å². The number of ether oxygens (including phenoxy) is 1. The van der Waals surface area contributed by atoms with Gasteiger partial charge in [0.2, 0.25) is 5.95 Å². The number of nitrogens with zero attached hydrogens (tertiary/aromatic N) is 4. The molecule has 0 unspecified atom stereocenters. The molecule has 0 aliphatic rings. The van der Waals surface area contributed by atoms with Crippen LogP contribution in [0.3, 0.4) is 0 Å². The van der Waals surface area contributed by atoms with Gasteiger partial charge in [-0.1, -0.05) is 18.2 Å². The van der Waals surface area contributed by atoms with Crippen molar-refractivity contribution in [2.75, 3.05) is 12.8 Å². The lowest BCUT2D eigenvalue weighted by Crippen LogP contribution is -1.99. The maximum atomic E-state index is 10.4. The zero-order chi connectivity index (χ0) is 18.8. The Balaban J connectivity index is 1.82. The van der Waals surface area contributed by atoms with Gasteiger partial charge in [-0.25, -0.2) is 14.6 Å². The van der Waals surface area contributed by atoms with E-state index >= 15 is 0 Å². The maximum Gasteiger partial charge on any atom is 0.220 e. The summed E-state index contributed by atoms with van der Waals surface area (Å²) in [5.41, 5.74) is 9.32. The Labute approximate surface area is 155 Å². The summed E-state index contributed by atoms with van der Waals surface area (Å²) in [6.07, 6.45) is 5.24. The maximum absolute atomic E-state index is 10.4. The van der Waals surface area contributed by atoms with Gasteiger partial charge in [0.05, 0.1) is 24.7 Å². The highest BCUT2D eigenvalue weighted by molar-refractivity contribution is 5.83. The number of aromatic nitrogens is 4. The minimum Gasteiger partial charge on any atom is -0.507 e. The van der Waals surface area contributed by atoms with Crippen molar-refractivity contribution in [2.24, 2.45) is 0 Å². The number of hydrogen-bond donors (Lipinski definition) is 2. The number of benzene rings is 2. The van der Waals surface area contributed by atoms with Crippen molar-refractivity contribution in [1.29, 1.82) is 0 Å². The molecule has 0 spiro atoms. The van der Waals surface area contributed by atoms with Crippen LogP contribution in [0.4, 0.5) is 5.95 Å². The third-order valence-electron chi connectivity index (χ3n) is 4.18. The monoisotopic (exact) mass is 359 g/mol. The van der Waals surface area contributed by atoms with E-state index in [9.17, 15) is 5.11 Å². The topological polar surface area (TPSA) is 99.1 Å². The largest absolute Gasteiger partial charge is 0.507 e. The predicted molar refractivity (Wildman–Crippen MR) is 103 cm³/mol. The van der Waals surface area contributed by atoms with Crippen molar-refractivity contribution in [3.05, 3.63) is 67.1 Å². The molecule has 2 heterocycles. The first-order valence-corrected chi connectivity index (χ1v) is 8.26. The van der Waals surface area contributed by atoms with Gasteiger partial charge in [-0.2, -0.15) is 5.10 Å². The van der Waals surface area contributed by atoms with Crippen LogP contribution in [0.25, 0.3) is 28.1 Å². The Morgan fingerprint density at radius 1 is 1.04 bits per heavy atom. The van der Waals surface area contributed by atoms with Gasteiger partial charge in [0, 0.05) is 35.2 Å². The van der Waals surface area contributed by atoms with E-state index in [1.807, 2.05) is 36.5 Å². The summed E-state index contributed by atoms with van der Waals surface area (Å²) in [5.74, 6) is 0.722. The molecular weight excluding hydrogens is 342 g/mol. The van der Waals surface area contributed by atoms with Crippen LogP contribution in [0.1, 0.15) is 0 Å². The highest BCUT2D eigenvalue weighted by Crippen LogP contribution is 2.37. The molecule has 0 saturated heterocycles. The molecule has 134 valence electrons. The summed E-state index contributed by atoms with van der Waals surface area (Å²) < 4.78 is 6.91. The Morgan fingerprint density at radius 3 is 2.59 bits per heavy atom. The number of methoxy groups -OCH3 is 1. The van der Waals surface area contributed by atoms with Gasteiger partial charge in [0.25, 0.3) is 0 Å². The first-order chi connectivity index (χ1) is 13.2. The minimum absolute atomic E-state index is 0.0455. The SMILES string of the molecule is COc1ccc(-c2nc(N)ncc2-c2cnn(-c3ccccc3)c2)c(O)c1. The zero-order valence-electron chi connectivity index (χ0n) is 14.6. The Hall–Kier alpha value is -3.87. The van der Waals surface area contributed by atoms with Crippen molar-refractivity contribution in [3.8, 4) is 39.6 Å². The summed E-state index contributed by atoms with van der Waals surface area (Å²) in [6.45, 7) is 0. The lowest BCUT2D eigenvalue weighted by Gasteiger charge is -2.10. The summed E-state index contributed by atoms with van der Waals surface area (Å²) in [7, 11) is 1.54. The smallest absolute Gasteiger partial charge is 0.220 e. The van der Waals surface area contributed by atoms with Crippen LogP contribution in [-0.4, -0.2) is 32.0 Å². The number of aromatic hydroxyl groups is 1. The van der Waals surface area contributed by atoms with Crippen LogP contribution < -0.4 is 10.5 Å². The van der Waals surface area contributed by atoms with Crippen LogP contribution in [0, 0.1) is 0 Å². The number of phenolic OH excluding ortho intramolecular Hbond substituents is 1. The molecule has 0 amide bonds. The third-order valence-corrected chi connectivity index (χ3v) is 4.18. The quantitative estimate of drug-likeness (QED) is 0.580. The number of nitrogen functional groups attached to an aromatic ring is 1. The fourth-order valence-electron chi connectivity index (χ4n) is 2.83. The van der Waals surface area contributed by atoms with Gasteiger partial charge in [-0.15, -0.1) is 0 Å².